The fourth-order valence-corrected chi connectivity index (χ4v) is 1.82. The normalized spacial score (nSPS) is 18.4. The van der Waals surface area contributed by atoms with Crippen molar-refractivity contribution >= 4 is 21.9 Å². The summed E-state index contributed by atoms with van der Waals surface area (Å²) in [5.41, 5.74) is 0. The van der Waals surface area contributed by atoms with Crippen molar-refractivity contribution in [3.63, 3.8) is 0 Å². The van der Waals surface area contributed by atoms with Gasteiger partial charge in [0, 0.05) is 6.04 Å². The molecule has 3 nitrogen and oxygen atoms in total. The number of nitrogens with zero attached hydrogens (tertiary/aromatic N) is 1. The number of hydrogen-bond acceptors (Lipinski definition) is 3. The topological polar surface area (TPSA) is 38.1 Å². The molecule has 1 aliphatic rings. The second-order valence-corrected chi connectivity index (χ2v) is 3.88. The summed E-state index contributed by atoms with van der Waals surface area (Å²) in [5, 5.41) is 3.25. The minimum Gasteiger partial charge on any atom is -0.417 e. The Bertz CT molecular complexity index is 255. The van der Waals surface area contributed by atoms with Crippen LogP contribution < -0.4 is 5.32 Å². The van der Waals surface area contributed by atoms with Crippen LogP contribution in [0.2, 0.25) is 0 Å². The van der Waals surface area contributed by atoms with Gasteiger partial charge in [0.25, 0.3) is 6.01 Å². The van der Waals surface area contributed by atoms with Crippen molar-refractivity contribution in [3.05, 3.63) is 10.9 Å². The molecule has 12 heavy (non-hydrogen) atoms. The van der Waals surface area contributed by atoms with Crippen molar-refractivity contribution in [1.29, 1.82) is 0 Å². The Morgan fingerprint density at radius 3 is 2.83 bits per heavy atom. The molecule has 1 aromatic rings. The third-order valence-corrected chi connectivity index (χ3v) is 2.53. The van der Waals surface area contributed by atoms with Crippen LogP contribution in [0.25, 0.3) is 0 Å². The maximum atomic E-state index is 5.24. The number of oxazole rings is 1. The number of aromatic nitrogens is 1. The first-order valence-corrected chi connectivity index (χ1v) is 5.02. The quantitative estimate of drug-likeness (QED) is 0.850. The van der Waals surface area contributed by atoms with E-state index in [1.54, 1.807) is 6.20 Å². The molecule has 0 bridgehead atoms. The smallest absolute Gasteiger partial charge is 0.295 e. The van der Waals surface area contributed by atoms with Crippen LogP contribution in [0.1, 0.15) is 25.7 Å². The van der Waals surface area contributed by atoms with Crippen molar-refractivity contribution < 1.29 is 4.42 Å². The molecule has 1 aromatic heterocycles. The summed E-state index contributed by atoms with van der Waals surface area (Å²) in [6.07, 6.45) is 6.77. The van der Waals surface area contributed by atoms with E-state index in [1.807, 2.05) is 0 Å². The summed E-state index contributed by atoms with van der Waals surface area (Å²) in [5.74, 6) is 0. The lowest BCUT2D eigenvalue weighted by atomic mass is 10.3. The summed E-state index contributed by atoms with van der Waals surface area (Å²) in [6, 6.07) is 1.20. The van der Waals surface area contributed by atoms with E-state index in [2.05, 4.69) is 26.2 Å². The van der Waals surface area contributed by atoms with E-state index >= 15 is 0 Å². The van der Waals surface area contributed by atoms with Crippen LogP contribution in [0.3, 0.4) is 0 Å². The van der Waals surface area contributed by atoms with Crippen molar-refractivity contribution in [3.8, 4) is 0 Å². The van der Waals surface area contributed by atoms with Gasteiger partial charge in [-0.25, -0.2) is 4.98 Å². The Hall–Kier alpha value is -0.510. The van der Waals surface area contributed by atoms with Crippen molar-refractivity contribution in [1.82, 2.24) is 4.98 Å². The van der Waals surface area contributed by atoms with Crippen LogP contribution in [0.15, 0.2) is 15.3 Å². The van der Waals surface area contributed by atoms with E-state index in [4.69, 9.17) is 4.42 Å². The molecular weight excluding hydrogens is 220 g/mol. The number of halogens is 1. The maximum absolute atomic E-state index is 5.24. The van der Waals surface area contributed by atoms with E-state index in [0.29, 0.717) is 16.7 Å². The molecule has 1 saturated carbocycles. The summed E-state index contributed by atoms with van der Waals surface area (Å²) in [6.45, 7) is 0. The van der Waals surface area contributed by atoms with Crippen LogP contribution in [0.5, 0.6) is 0 Å². The number of nitrogens with one attached hydrogen (secondary N) is 1. The summed E-state index contributed by atoms with van der Waals surface area (Å²) >= 11 is 3.21. The molecule has 1 aliphatic carbocycles. The third kappa shape index (κ3) is 1.80. The molecule has 0 unspecified atom stereocenters. The SMILES string of the molecule is Brc1cnc(NC2CCCC2)o1. The largest absolute Gasteiger partial charge is 0.417 e. The lowest BCUT2D eigenvalue weighted by Crippen LogP contribution is -2.14. The molecule has 0 spiro atoms. The average Bonchev–Trinajstić information content (AvgIpc) is 2.63. The van der Waals surface area contributed by atoms with Crippen molar-refractivity contribution in [2.45, 2.75) is 31.7 Å². The molecule has 0 saturated heterocycles. The zero-order chi connectivity index (χ0) is 8.39. The number of rotatable bonds is 2. The molecule has 0 amide bonds. The molecule has 4 heteroatoms. The molecule has 1 heterocycles. The molecule has 0 radical (unpaired) electrons. The van der Waals surface area contributed by atoms with Crippen molar-refractivity contribution in [2.24, 2.45) is 0 Å². The highest BCUT2D eigenvalue weighted by Gasteiger charge is 2.16. The first-order valence-electron chi connectivity index (χ1n) is 4.22. The predicted octanol–water partition coefficient (Wildman–Crippen LogP) is 2.79. The van der Waals surface area contributed by atoms with Gasteiger partial charge < -0.3 is 9.73 Å². The van der Waals surface area contributed by atoms with Gasteiger partial charge in [-0.15, -0.1) is 0 Å². The van der Waals surface area contributed by atoms with E-state index in [-0.39, 0.29) is 0 Å². The average molecular weight is 231 g/mol. The summed E-state index contributed by atoms with van der Waals surface area (Å²) < 4.78 is 5.92. The standard InChI is InChI=1S/C8H11BrN2O/c9-7-5-10-8(12-7)11-6-3-1-2-4-6/h5-6H,1-4H2,(H,10,11). The summed E-state index contributed by atoms with van der Waals surface area (Å²) in [4.78, 5) is 4.05. The summed E-state index contributed by atoms with van der Waals surface area (Å²) in [7, 11) is 0. The lowest BCUT2D eigenvalue weighted by Gasteiger charge is -2.07. The second-order valence-electron chi connectivity index (χ2n) is 3.10. The molecule has 0 aliphatic heterocycles. The molecule has 1 N–H and O–H groups in total. The first kappa shape index (κ1) is 8.10. The van der Waals surface area contributed by atoms with E-state index in [0.717, 1.165) is 0 Å². The number of anilines is 1. The fraction of sp³-hybridized carbons (Fsp3) is 0.625. The highest BCUT2D eigenvalue weighted by atomic mass is 79.9. The van der Waals surface area contributed by atoms with Gasteiger partial charge in [0.2, 0.25) is 0 Å². The van der Waals surface area contributed by atoms with Gasteiger partial charge in [0.15, 0.2) is 4.67 Å². The third-order valence-electron chi connectivity index (χ3n) is 2.16. The maximum Gasteiger partial charge on any atom is 0.295 e. The minimum atomic E-state index is 0.565. The van der Waals surface area contributed by atoms with Gasteiger partial charge in [-0.1, -0.05) is 12.8 Å². The Labute approximate surface area is 79.7 Å². The van der Waals surface area contributed by atoms with E-state index in [9.17, 15) is 0 Å². The van der Waals surface area contributed by atoms with Crippen molar-refractivity contribution in [2.75, 3.05) is 5.32 Å². The van der Waals surface area contributed by atoms with Crippen LogP contribution in [-0.4, -0.2) is 11.0 Å². The fourth-order valence-electron chi connectivity index (χ4n) is 1.57. The van der Waals surface area contributed by atoms with Gasteiger partial charge in [-0.05, 0) is 28.8 Å². The van der Waals surface area contributed by atoms with Gasteiger partial charge in [0.05, 0.1) is 6.20 Å². The molecule has 1 fully saturated rings. The van der Waals surface area contributed by atoms with Crippen LogP contribution >= 0.6 is 15.9 Å². The Balaban J connectivity index is 1.94. The number of hydrogen-bond donors (Lipinski definition) is 1. The van der Waals surface area contributed by atoms with Gasteiger partial charge in [0.1, 0.15) is 0 Å². The van der Waals surface area contributed by atoms with Gasteiger partial charge in [-0.3, -0.25) is 0 Å². The highest BCUT2D eigenvalue weighted by Crippen LogP contribution is 2.23. The molecule has 66 valence electrons. The molecule has 2 rings (SSSR count). The molecule has 0 atom stereocenters. The minimum absolute atomic E-state index is 0.565. The Morgan fingerprint density at radius 1 is 1.50 bits per heavy atom. The van der Waals surface area contributed by atoms with E-state index in [1.165, 1.54) is 25.7 Å². The van der Waals surface area contributed by atoms with Gasteiger partial charge in [-0.2, -0.15) is 0 Å². The Kier molecular flexibility index (Phi) is 2.35. The molecule has 0 aromatic carbocycles. The van der Waals surface area contributed by atoms with Crippen LogP contribution in [0, 0.1) is 0 Å². The van der Waals surface area contributed by atoms with Crippen LogP contribution in [0.4, 0.5) is 6.01 Å². The first-order chi connectivity index (χ1) is 5.84. The van der Waals surface area contributed by atoms with E-state index < -0.39 is 0 Å². The predicted molar refractivity (Wildman–Crippen MR) is 50.1 cm³/mol. The van der Waals surface area contributed by atoms with Gasteiger partial charge >= 0.3 is 0 Å². The highest BCUT2D eigenvalue weighted by molar-refractivity contribution is 9.10. The Morgan fingerprint density at radius 2 is 2.25 bits per heavy atom. The monoisotopic (exact) mass is 230 g/mol. The van der Waals surface area contributed by atoms with Crippen LogP contribution in [-0.2, 0) is 0 Å². The zero-order valence-corrected chi connectivity index (χ0v) is 8.30. The molecular formula is C8H11BrN2O. The second kappa shape index (κ2) is 3.47. The zero-order valence-electron chi connectivity index (χ0n) is 6.72. The lowest BCUT2D eigenvalue weighted by molar-refractivity contribution is 0.535.